The Morgan fingerprint density at radius 3 is 1.62 bits per heavy atom. The van der Waals surface area contributed by atoms with Gasteiger partial charge in [-0.3, -0.25) is 14.0 Å². The molecular formula is C49H60N12O4. The van der Waals surface area contributed by atoms with Crippen molar-refractivity contribution in [3.05, 3.63) is 167 Å². The molecule has 16 heteroatoms. The number of H-pyrrole nitrogens is 1. The monoisotopic (exact) mass is 880 g/mol. The quantitative estimate of drug-likeness (QED) is 0.0504. The zero-order valence-electron chi connectivity index (χ0n) is 37.6. The third kappa shape index (κ3) is 15.8. The van der Waals surface area contributed by atoms with Gasteiger partial charge >= 0.3 is 11.9 Å². The SMILES string of the molecule is CCCCCCCCCCNCc1cnc2[nH]ccc2c1.Cc1cnn(Cc2ccc(Cn3cc(C(=O)O)cn3)cc2)c1.Cc1cnn(Cc2ccc(Cn3cc(C(=O)O)nn3)cc2)c1. The maximum Gasteiger partial charge on any atom is 0.358 e. The summed E-state index contributed by atoms with van der Waals surface area (Å²) in [6.45, 7) is 10.8. The van der Waals surface area contributed by atoms with Crippen LogP contribution in [0.4, 0.5) is 0 Å². The molecule has 0 spiro atoms. The van der Waals surface area contributed by atoms with Crippen molar-refractivity contribution >= 4 is 23.0 Å². The number of carboxylic acid groups (broad SMARTS) is 2. The van der Waals surface area contributed by atoms with Crippen molar-refractivity contribution in [2.75, 3.05) is 6.54 Å². The van der Waals surface area contributed by atoms with E-state index in [4.69, 9.17) is 10.2 Å². The molecule has 0 aliphatic rings. The Labute approximate surface area is 379 Å². The van der Waals surface area contributed by atoms with E-state index in [1.54, 1.807) is 4.68 Å². The summed E-state index contributed by atoms with van der Waals surface area (Å²) in [5.74, 6) is -2.03. The van der Waals surface area contributed by atoms with E-state index in [0.717, 1.165) is 59.6 Å². The molecule has 0 fully saturated rings. The first-order chi connectivity index (χ1) is 31.6. The van der Waals surface area contributed by atoms with Gasteiger partial charge in [0.05, 0.1) is 56.5 Å². The smallest absolute Gasteiger partial charge is 0.358 e. The van der Waals surface area contributed by atoms with Crippen LogP contribution in [0.3, 0.4) is 0 Å². The fourth-order valence-corrected chi connectivity index (χ4v) is 7.09. The van der Waals surface area contributed by atoms with Crippen LogP contribution in [0.1, 0.15) is 118 Å². The number of unbranched alkanes of at least 4 members (excludes halogenated alkanes) is 7. The number of nitrogens with one attached hydrogen (secondary N) is 2. The van der Waals surface area contributed by atoms with Gasteiger partial charge in [-0.25, -0.2) is 19.3 Å². The number of carbonyl (C=O) groups is 2. The first-order valence-corrected chi connectivity index (χ1v) is 22.3. The zero-order valence-corrected chi connectivity index (χ0v) is 37.6. The number of pyridine rings is 1. The van der Waals surface area contributed by atoms with Crippen LogP contribution in [0.15, 0.2) is 116 Å². The number of fused-ring (bicyclic) bond motifs is 1. The zero-order chi connectivity index (χ0) is 45.8. The molecule has 6 aromatic heterocycles. The normalized spacial score (nSPS) is 10.9. The molecule has 6 heterocycles. The number of hydrogen-bond donors (Lipinski definition) is 4. The second-order valence-electron chi connectivity index (χ2n) is 16.3. The van der Waals surface area contributed by atoms with Gasteiger partial charge in [0.15, 0.2) is 5.69 Å². The van der Waals surface area contributed by atoms with Gasteiger partial charge in [-0.05, 0) is 77.9 Å². The molecule has 0 atom stereocenters. The molecule has 0 aliphatic heterocycles. The number of hydrogen-bond acceptors (Lipinski definition) is 9. The van der Waals surface area contributed by atoms with Crippen molar-refractivity contribution in [3.8, 4) is 0 Å². The molecule has 2 aromatic carbocycles. The lowest BCUT2D eigenvalue weighted by atomic mass is 10.1. The molecule has 340 valence electrons. The van der Waals surface area contributed by atoms with Crippen molar-refractivity contribution in [3.63, 3.8) is 0 Å². The van der Waals surface area contributed by atoms with Gasteiger partial charge in [0.2, 0.25) is 0 Å². The second kappa shape index (κ2) is 24.6. The largest absolute Gasteiger partial charge is 0.478 e. The van der Waals surface area contributed by atoms with Gasteiger partial charge < -0.3 is 20.5 Å². The molecule has 65 heavy (non-hydrogen) atoms. The lowest BCUT2D eigenvalue weighted by molar-refractivity contribution is 0.0682. The van der Waals surface area contributed by atoms with Crippen LogP contribution in [0.5, 0.6) is 0 Å². The van der Waals surface area contributed by atoms with Crippen molar-refractivity contribution < 1.29 is 19.8 Å². The Morgan fingerprint density at radius 2 is 1.12 bits per heavy atom. The molecule has 8 rings (SSSR count). The van der Waals surface area contributed by atoms with Crippen molar-refractivity contribution in [1.29, 1.82) is 0 Å². The third-order valence-corrected chi connectivity index (χ3v) is 10.6. The van der Waals surface area contributed by atoms with Gasteiger partial charge in [0.25, 0.3) is 0 Å². The molecule has 16 nitrogen and oxygen atoms in total. The number of rotatable bonds is 21. The van der Waals surface area contributed by atoms with Crippen LogP contribution in [-0.2, 0) is 32.7 Å². The molecule has 0 bridgehead atoms. The summed E-state index contributed by atoms with van der Waals surface area (Å²) in [5.41, 5.74) is 9.08. The van der Waals surface area contributed by atoms with Crippen molar-refractivity contribution in [2.24, 2.45) is 0 Å². The van der Waals surface area contributed by atoms with E-state index in [1.807, 2.05) is 109 Å². The van der Waals surface area contributed by atoms with Crippen LogP contribution in [0, 0.1) is 13.8 Å². The van der Waals surface area contributed by atoms with Gasteiger partial charge in [-0.2, -0.15) is 15.3 Å². The average molecular weight is 881 g/mol. The van der Waals surface area contributed by atoms with Gasteiger partial charge in [-0.15, -0.1) is 5.10 Å². The maximum absolute atomic E-state index is 10.8. The lowest BCUT2D eigenvalue weighted by Crippen LogP contribution is -2.14. The minimum absolute atomic E-state index is 0.0503. The molecule has 8 aromatic rings. The summed E-state index contributed by atoms with van der Waals surface area (Å²) in [4.78, 5) is 29.1. The number of aromatic carboxylic acids is 2. The lowest BCUT2D eigenvalue weighted by Gasteiger charge is -2.05. The number of aryl methyl sites for hydroxylation is 2. The molecular weight excluding hydrogens is 821 g/mol. The molecule has 0 saturated carbocycles. The minimum atomic E-state index is -1.07. The van der Waals surface area contributed by atoms with E-state index in [0.29, 0.717) is 13.1 Å². The standard InChI is InChI=1S/C18H29N3.C16H16N4O2.C15H15N5O2/c1-2-3-4-5-6-7-8-9-11-19-14-16-13-17-10-12-20-18(17)21-15-16;1-12-6-17-19(8-12)9-13-2-4-14(5-3-13)10-20-11-15(7-18-20)16(21)22;1-11-6-16-19(7-11)8-12-2-4-13(5-3-12)9-20-10-14(15(21)22)17-18-20/h10,12-13,15,19H,2-9,11,14H2,1H3,(H,20,21);2-8,11H,9-10H2,1H3,(H,21,22);2-7,10H,8-9H2,1H3,(H,21,22). The second-order valence-corrected chi connectivity index (χ2v) is 16.3. The fraction of sp³-hybridized carbons (Fsp3) is 0.347. The summed E-state index contributed by atoms with van der Waals surface area (Å²) < 4.78 is 6.92. The van der Waals surface area contributed by atoms with Crippen LogP contribution >= 0.6 is 0 Å². The van der Waals surface area contributed by atoms with Gasteiger partial charge in [0, 0.05) is 42.9 Å². The number of aromatic nitrogens is 11. The molecule has 0 saturated heterocycles. The summed E-state index contributed by atoms with van der Waals surface area (Å²) in [6, 6.07) is 20.5. The fourth-order valence-electron chi connectivity index (χ4n) is 7.09. The first kappa shape index (κ1) is 47.3. The van der Waals surface area contributed by atoms with E-state index in [9.17, 15) is 9.59 Å². The summed E-state index contributed by atoms with van der Waals surface area (Å²) >= 11 is 0. The topological polar surface area (TPSA) is 199 Å². The summed E-state index contributed by atoms with van der Waals surface area (Å²) in [7, 11) is 0. The Hall–Kier alpha value is -7.20. The van der Waals surface area contributed by atoms with Gasteiger partial charge in [0.1, 0.15) is 5.65 Å². The Bertz CT molecular complexity index is 2520. The Morgan fingerprint density at radius 1 is 0.600 bits per heavy atom. The Kier molecular flexibility index (Phi) is 17.9. The van der Waals surface area contributed by atoms with E-state index < -0.39 is 11.9 Å². The molecule has 0 unspecified atom stereocenters. The van der Waals surface area contributed by atoms with Gasteiger partial charge in [-0.1, -0.05) is 106 Å². The highest BCUT2D eigenvalue weighted by molar-refractivity contribution is 5.86. The van der Waals surface area contributed by atoms with E-state index in [1.165, 1.54) is 91.2 Å². The third-order valence-electron chi connectivity index (χ3n) is 10.6. The maximum atomic E-state index is 10.8. The summed E-state index contributed by atoms with van der Waals surface area (Å²) in [5, 5.41) is 42.4. The Balaban J connectivity index is 0.000000162. The predicted molar refractivity (Wildman–Crippen MR) is 250 cm³/mol. The molecule has 4 N–H and O–H groups in total. The van der Waals surface area contributed by atoms with E-state index >= 15 is 0 Å². The molecule has 0 amide bonds. The minimum Gasteiger partial charge on any atom is -0.478 e. The van der Waals surface area contributed by atoms with Crippen molar-refractivity contribution in [1.82, 2.24) is 59.6 Å². The predicted octanol–water partition coefficient (Wildman–Crippen LogP) is 8.55. The van der Waals surface area contributed by atoms with Crippen LogP contribution < -0.4 is 5.32 Å². The van der Waals surface area contributed by atoms with E-state index in [2.05, 4.69) is 59.9 Å². The van der Waals surface area contributed by atoms with Crippen LogP contribution in [0.2, 0.25) is 0 Å². The van der Waals surface area contributed by atoms with E-state index in [-0.39, 0.29) is 11.3 Å². The molecule has 0 aliphatic carbocycles. The highest BCUT2D eigenvalue weighted by atomic mass is 16.4. The first-order valence-electron chi connectivity index (χ1n) is 22.3. The highest BCUT2D eigenvalue weighted by Crippen LogP contribution is 2.13. The van der Waals surface area contributed by atoms with Crippen LogP contribution in [0.25, 0.3) is 11.0 Å². The number of benzene rings is 2. The number of aromatic amines is 1. The molecule has 0 radical (unpaired) electrons. The highest BCUT2D eigenvalue weighted by Gasteiger charge is 2.09. The van der Waals surface area contributed by atoms with Crippen molar-refractivity contribution in [2.45, 2.75) is 105 Å². The summed E-state index contributed by atoms with van der Waals surface area (Å²) in [6.07, 6.45) is 26.9. The number of carboxylic acids is 2. The number of nitrogens with zero attached hydrogens (tertiary/aromatic N) is 10. The van der Waals surface area contributed by atoms with Crippen LogP contribution in [-0.4, -0.2) is 83.0 Å². The average Bonchev–Trinajstić information content (AvgIpc) is 4.17.